The summed E-state index contributed by atoms with van der Waals surface area (Å²) in [6, 6.07) is 18.9. The summed E-state index contributed by atoms with van der Waals surface area (Å²) < 4.78 is 3.08. The molecule has 156 valence electrons. The van der Waals surface area contributed by atoms with Crippen LogP contribution >= 0.6 is 11.8 Å². The second-order valence-electron chi connectivity index (χ2n) is 7.33. The molecule has 1 aliphatic rings. The van der Waals surface area contributed by atoms with Gasteiger partial charge in [0.25, 0.3) is 5.56 Å². The zero-order valence-electron chi connectivity index (χ0n) is 16.8. The zero-order chi connectivity index (χ0) is 21.2. The maximum atomic E-state index is 12.7. The van der Waals surface area contributed by atoms with Gasteiger partial charge >= 0.3 is 0 Å². The maximum absolute atomic E-state index is 12.7. The number of nitrogens with zero attached hydrogens (tertiary/aromatic N) is 5. The van der Waals surface area contributed by atoms with E-state index >= 15 is 0 Å². The van der Waals surface area contributed by atoms with Crippen molar-refractivity contribution in [3.63, 3.8) is 0 Å². The smallest absolute Gasteiger partial charge is 0.267 e. The van der Waals surface area contributed by atoms with Crippen molar-refractivity contribution >= 4 is 23.2 Å². The molecule has 8 heteroatoms. The van der Waals surface area contributed by atoms with E-state index in [4.69, 9.17) is 5.10 Å². The van der Waals surface area contributed by atoms with Crippen molar-refractivity contribution in [1.29, 1.82) is 0 Å². The third kappa shape index (κ3) is 3.86. The molecule has 0 saturated carbocycles. The van der Waals surface area contributed by atoms with Gasteiger partial charge in [0, 0.05) is 42.4 Å². The third-order valence-corrected chi connectivity index (χ3v) is 6.30. The minimum absolute atomic E-state index is 0.0583. The van der Waals surface area contributed by atoms with Gasteiger partial charge in [0.05, 0.1) is 16.8 Å². The van der Waals surface area contributed by atoms with E-state index in [2.05, 4.69) is 5.10 Å². The molecule has 0 unspecified atom stereocenters. The molecule has 4 aromatic rings. The van der Waals surface area contributed by atoms with Crippen LogP contribution in [0.2, 0.25) is 0 Å². The number of carbonyl (C=O) groups excluding carboxylic acids is 1. The van der Waals surface area contributed by atoms with Gasteiger partial charge < -0.3 is 4.90 Å². The standard InChI is InChI=1S/C23H21N5O2S/c29-20-10-9-18(24-28(20)16-21(30)26-12-14-31-15-13-26)22-19-8-4-5-11-27(19)25-23(22)17-6-2-1-3-7-17/h1-11H,12-16H2. The van der Waals surface area contributed by atoms with Gasteiger partial charge in [0.2, 0.25) is 5.91 Å². The summed E-state index contributed by atoms with van der Waals surface area (Å²) in [5.74, 6) is 1.78. The van der Waals surface area contributed by atoms with E-state index in [1.807, 2.05) is 75.9 Å². The number of carbonyl (C=O) groups is 1. The van der Waals surface area contributed by atoms with Crippen molar-refractivity contribution in [1.82, 2.24) is 24.3 Å². The van der Waals surface area contributed by atoms with Crippen LogP contribution in [0.3, 0.4) is 0 Å². The average Bonchev–Trinajstić information content (AvgIpc) is 3.21. The fourth-order valence-corrected chi connectivity index (χ4v) is 4.69. The SMILES string of the molecule is O=C(Cn1nc(-c2c(-c3ccccc3)nn3ccccc23)ccc1=O)N1CCSCC1. The molecule has 5 rings (SSSR count). The minimum Gasteiger partial charge on any atom is -0.339 e. The first-order valence-corrected chi connectivity index (χ1v) is 11.3. The Morgan fingerprint density at radius 2 is 1.71 bits per heavy atom. The summed E-state index contributed by atoms with van der Waals surface area (Å²) in [6.07, 6.45) is 1.89. The Morgan fingerprint density at radius 3 is 2.52 bits per heavy atom. The first kappa shape index (κ1) is 19.6. The van der Waals surface area contributed by atoms with Crippen LogP contribution in [0.15, 0.2) is 71.7 Å². The van der Waals surface area contributed by atoms with Crippen molar-refractivity contribution < 1.29 is 4.79 Å². The molecule has 7 nitrogen and oxygen atoms in total. The molecule has 0 radical (unpaired) electrons. The van der Waals surface area contributed by atoms with E-state index in [9.17, 15) is 9.59 Å². The van der Waals surface area contributed by atoms with E-state index < -0.39 is 0 Å². The second-order valence-corrected chi connectivity index (χ2v) is 8.55. The highest BCUT2D eigenvalue weighted by Crippen LogP contribution is 2.33. The normalized spacial score (nSPS) is 14.1. The summed E-state index contributed by atoms with van der Waals surface area (Å²) in [7, 11) is 0. The van der Waals surface area contributed by atoms with Crippen LogP contribution in [-0.2, 0) is 11.3 Å². The molecular weight excluding hydrogens is 410 g/mol. The van der Waals surface area contributed by atoms with Gasteiger partial charge in [-0.05, 0) is 18.2 Å². The quantitative estimate of drug-likeness (QED) is 0.497. The zero-order valence-corrected chi connectivity index (χ0v) is 17.7. The van der Waals surface area contributed by atoms with E-state index in [-0.39, 0.29) is 18.0 Å². The lowest BCUT2D eigenvalue weighted by Crippen LogP contribution is -2.41. The molecule has 31 heavy (non-hydrogen) atoms. The minimum atomic E-state index is -0.291. The molecule has 0 atom stereocenters. The van der Waals surface area contributed by atoms with Gasteiger partial charge in [0.15, 0.2) is 0 Å². The molecule has 0 aliphatic carbocycles. The summed E-state index contributed by atoms with van der Waals surface area (Å²) in [6.45, 7) is 1.37. The molecule has 1 aliphatic heterocycles. The highest BCUT2D eigenvalue weighted by Gasteiger charge is 2.21. The number of amides is 1. The van der Waals surface area contributed by atoms with Crippen molar-refractivity contribution in [3.8, 4) is 22.5 Å². The molecule has 0 spiro atoms. The van der Waals surface area contributed by atoms with Crippen LogP contribution in [0.1, 0.15) is 0 Å². The Labute approximate surface area is 183 Å². The summed E-state index contributed by atoms with van der Waals surface area (Å²) in [4.78, 5) is 27.0. The number of aromatic nitrogens is 4. The fourth-order valence-electron chi connectivity index (χ4n) is 3.79. The number of hydrogen-bond donors (Lipinski definition) is 0. The van der Waals surface area contributed by atoms with Crippen molar-refractivity contribution in [2.75, 3.05) is 24.6 Å². The lowest BCUT2D eigenvalue weighted by atomic mass is 10.0. The Balaban J connectivity index is 1.58. The van der Waals surface area contributed by atoms with Crippen LogP contribution in [0.5, 0.6) is 0 Å². The van der Waals surface area contributed by atoms with Crippen molar-refractivity contribution in [2.45, 2.75) is 6.54 Å². The van der Waals surface area contributed by atoms with Crippen LogP contribution in [-0.4, -0.2) is 54.8 Å². The number of rotatable bonds is 4. The number of benzene rings is 1. The first-order chi connectivity index (χ1) is 15.2. The number of pyridine rings is 1. The second kappa shape index (κ2) is 8.39. The Hall–Kier alpha value is -3.39. The Bertz CT molecular complexity index is 1290. The molecular formula is C23H21N5O2S. The van der Waals surface area contributed by atoms with Gasteiger partial charge in [-0.1, -0.05) is 36.4 Å². The highest BCUT2D eigenvalue weighted by molar-refractivity contribution is 7.99. The number of thioether (sulfide) groups is 1. The van der Waals surface area contributed by atoms with Crippen LogP contribution in [0.25, 0.3) is 28.0 Å². The molecule has 1 amide bonds. The largest absolute Gasteiger partial charge is 0.339 e. The van der Waals surface area contributed by atoms with Gasteiger partial charge in [-0.25, -0.2) is 9.20 Å². The van der Waals surface area contributed by atoms with Gasteiger partial charge in [-0.3, -0.25) is 9.59 Å². The lowest BCUT2D eigenvalue weighted by molar-refractivity contribution is -0.131. The summed E-state index contributed by atoms with van der Waals surface area (Å²) in [5, 5.41) is 9.34. The topological polar surface area (TPSA) is 72.5 Å². The van der Waals surface area contributed by atoms with Gasteiger partial charge in [-0.15, -0.1) is 0 Å². The molecule has 4 heterocycles. The maximum Gasteiger partial charge on any atom is 0.267 e. The van der Waals surface area contributed by atoms with Crippen molar-refractivity contribution in [3.05, 3.63) is 77.2 Å². The van der Waals surface area contributed by atoms with E-state index in [1.54, 1.807) is 6.07 Å². The third-order valence-electron chi connectivity index (χ3n) is 5.36. The Morgan fingerprint density at radius 1 is 0.935 bits per heavy atom. The predicted molar refractivity (Wildman–Crippen MR) is 122 cm³/mol. The Kier molecular flexibility index (Phi) is 5.30. The molecule has 0 bridgehead atoms. The predicted octanol–water partition coefficient (Wildman–Crippen LogP) is 2.80. The average molecular weight is 432 g/mol. The van der Waals surface area contributed by atoms with E-state index in [0.717, 1.165) is 33.8 Å². The molecule has 1 fully saturated rings. The van der Waals surface area contributed by atoms with Gasteiger partial charge in [-0.2, -0.15) is 22.0 Å². The fraction of sp³-hybridized carbons (Fsp3) is 0.217. The first-order valence-electron chi connectivity index (χ1n) is 10.2. The van der Waals surface area contributed by atoms with Crippen LogP contribution in [0, 0.1) is 0 Å². The number of hydrogen-bond acceptors (Lipinski definition) is 5. The monoisotopic (exact) mass is 431 g/mol. The van der Waals surface area contributed by atoms with E-state index in [0.29, 0.717) is 18.8 Å². The summed E-state index contributed by atoms with van der Waals surface area (Å²) >= 11 is 1.84. The van der Waals surface area contributed by atoms with Crippen LogP contribution < -0.4 is 5.56 Å². The molecule has 3 aromatic heterocycles. The molecule has 0 N–H and O–H groups in total. The van der Waals surface area contributed by atoms with Crippen LogP contribution in [0.4, 0.5) is 0 Å². The lowest BCUT2D eigenvalue weighted by Gasteiger charge is -2.26. The molecule has 1 saturated heterocycles. The van der Waals surface area contributed by atoms with Crippen molar-refractivity contribution in [2.24, 2.45) is 0 Å². The van der Waals surface area contributed by atoms with E-state index in [1.165, 1.54) is 10.7 Å². The number of fused-ring (bicyclic) bond motifs is 1. The summed E-state index contributed by atoms with van der Waals surface area (Å²) in [5.41, 5.74) is 3.79. The highest BCUT2D eigenvalue weighted by atomic mass is 32.2. The molecule has 1 aromatic carbocycles. The van der Waals surface area contributed by atoms with Gasteiger partial charge in [0.1, 0.15) is 12.2 Å².